The van der Waals surface area contributed by atoms with Crippen LogP contribution in [-0.4, -0.2) is 49.0 Å². The standard InChI is InChI=1S/C14H27NO2/c1-11-3-4-14(16)12(9-11)10-15-7-5-13(17-2)6-8-15/h11-14,16H,3-10H2,1-2H3. The van der Waals surface area contributed by atoms with E-state index in [0.29, 0.717) is 12.0 Å². The summed E-state index contributed by atoms with van der Waals surface area (Å²) in [7, 11) is 1.81. The molecule has 1 saturated carbocycles. The van der Waals surface area contributed by atoms with Crippen LogP contribution in [0.2, 0.25) is 0 Å². The average Bonchev–Trinajstić information content (AvgIpc) is 2.35. The Hall–Kier alpha value is -0.120. The quantitative estimate of drug-likeness (QED) is 0.819. The van der Waals surface area contributed by atoms with Gasteiger partial charge < -0.3 is 14.7 Å². The van der Waals surface area contributed by atoms with Gasteiger partial charge in [-0.3, -0.25) is 0 Å². The maximum atomic E-state index is 10.1. The molecule has 1 aliphatic heterocycles. The van der Waals surface area contributed by atoms with Crippen molar-refractivity contribution in [2.75, 3.05) is 26.7 Å². The number of rotatable bonds is 3. The lowest BCUT2D eigenvalue weighted by Crippen LogP contribution is -2.43. The summed E-state index contributed by atoms with van der Waals surface area (Å²) in [4.78, 5) is 2.52. The van der Waals surface area contributed by atoms with E-state index in [-0.39, 0.29) is 6.10 Å². The van der Waals surface area contributed by atoms with E-state index < -0.39 is 0 Å². The molecule has 0 radical (unpaired) electrons. The van der Waals surface area contributed by atoms with Crippen molar-refractivity contribution in [2.45, 2.75) is 51.2 Å². The number of nitrogens with zero attached hydrogens (tertiary/aromatic N) is 1. The van der Waals surface area contributed by atoms with Gasteiger partial charge in [-0.15, -0.1) is 0 Å². The number of aliphatic hydroxyl groups is 1. The highest BCUT2D eigenvalue weighted by Gasteiger charge is 2.29. The van der Waals surface area contributed by atoms with Crippen LogP contribution < -0.4 is 0 Å². The van der Waals surface area contributed by atoms with Crippen LogP contribution in [0.25, 0.3) is 0 Å². The Morgan fingerprint density at radius 2 is 1.88 bits per heavy atom. The SMILES string of the molecule is COC1CCN(CC2CC(C)CCC2O)CC1. The highest BCUT2D eigenvalue weighted by atomic mass is 16.5. The number of likely N-dealkylation sites (tertiary alicyclic amines) is 1. The van der Waals surface area contributed by atoms with E-state index >= 15 is 0 Å². The molecule has 0 aromatic carbocycles. The maximum Gasteiger partial charge on any atom is 0.0595 e. The molecule has 2 fully saturated rings. The molecular weight excluding hydrogens is 214 g/mol. The first kappa shape index (κ1) is 13.3. The van der Waals surface area contributed by atoms with E-state index in [2.05, 4.69) is 11.8 Å². The molecule has 3 heteroatoms. The van der Waals surface area contributed by atoms with E-state index in [1.807, 2.05) is 7.11 Å². The minimum absolute atomic E-state index is 0.0636. The summed E-state index contributed by atoms with van der Waals surface area (Å²) >= 11 is 0. The molecule has 17 heavy (non-hydrogen) atoms. The van der Waals surface area contributed by atoms with Crippen molar-refractivity contribution in [3.8, 4) is 0 Å². The van der Waals surface area contributed by atoms with Gasteiger partial charge in [0.05, 0.1) is 12.2 Å². The van der Waals surface area contributed by atoms with Crippen LogP contribution in [-0.2, 0) is 4.74 Å². The Morgan fingerprint density at radius 3 is 2.53 bits per heavy atom. The Bertz CT molecular complexity index is 226. The molecular formula is C14H27NO2. The zero-order valence-corrected chi connectivity index (χ0v) is 11.3. The van der Waals surface area contributed by atoms with Crippen molar-refractivity contribution in [1.82, 2.24) is 4.90 Å². The lowest BCUT2D eigenvalue weighted by molar-refractivity contribution is 0.00370. The minimum Gasteiger partial charge on any atom is -0.393 e. The molecule has 1 heterocycles. The minimum atomic E-state index is -0.0636. The number of methoxy groups -OCH3 is 1. The Balaban J connectivity index is 1.76. The molecule has 0 aromatic rings. The van der Waals surface area contributed by atoms with Gasteiger partial charge in [-0.1, -0.05) is 6.92 Å². The van der Waals surface area contributed by atoms with E-state index in [1.165, 1.54) is 12.8 Å². The van der Waals surface area contributed by atoms with Crippen molar-refractivity contribution < 1.29 is 9.84 Å². The van der Waals surface area contributed by atoms with Crippen LogP contribution in [0.1, 0.15) is 39.0 Å². The van der Waals surface area contributed by atoms with Gasteiger partial charge in [0.25, 0.3) is 0 Å². The molecule has 0 spiro atoms. The molecule has 1 aliphatic carbocycles. The highest BCUT2D eigenvalue weighted by Crippen LogP contribution is 2.30. The molecule has 1 N–H and O–H groups in total. The Labute approximate surface area is 105 Å². The van der Waals surface area contributed by atoms with E-state index in [9.17, 15) is 5.11 Å². The summed E-state index contributed by atoms with van der Waals surface area (Å²) < 4.78 is 5.39. The van der Waals surface area contributed by atoms with Crippen molar-refractivity contribution in [2.24, 2.45) is 11.8 Å². The van der Waals surface area contributed by atoms with Gasteiger partial charge in [0.1, 0.15) is 0 Å². The van der Waals surface area contributed by atoms with E-state index in [4.69, 9.17) is 4.74 Å². The van der Waals surface area contributed by atoms with E-state index in [0.717, 1.165) is 44.8 Å². The third kappa shape index (κ3) is 3.67. The molecule has 0 bridgehead atoms. The average molecular weight is 241 g/mol. The topological polar surface area (TPSA) is 32.7 Å². The zero-order valence-electron chi connectivity index (χ0n) is 11.3. The molecule has 1 saturated heterocycles. The van der Waals surface area contributed by atoms with Crippen molar-refractivity contribution in [3.05, 3.63) is 0 Å². The van der Waals surface area contributed by atoms with Crippen LogP contribution in [0.5, 0.6) is 0 Å². The van der Waals surface area contributed by atoms with Crippen LogP contribution >= 0.6 is 0 Å². The second-order valence-corrected chi connectivity index (χ2v) is 5.98. The summed E-state index contributed by atoms with van der Waals surface area (Å²) in [5.74, 6) is 1.29. The summed E-state index contributed by atoms with van der Waals surface area (Å²) in [6.07, 6.45) is 6.09. The predicted octanol–water partition coefficient (Wildman–Crippen LogP) is 1.89. The van der Waals surface area contributed by atoms with Gasteiger partial charge in [0, 0.05) is 26.7 Å². The number of ether oxygens (including phenoxy) is 1. The van der Waals surface area contributed by atoms with Crippen molar-refractivity contribution >= 4 is 0 Å². The number of piperidine rings is 1. The Morgan fingerprint density at radius 1 is 1.18 bits per heavy atom. The normalized spacial score (nSPS) is 37.2. The van der Waals surface area contributed by atoms with Crippen LogP contribution in [0.15, 0.2) is 0 Å². The lowest BCUT2D eigenvalue weighted by Gasteiger charge is -2.38. The first-order valence-electron chi connectivity index (χ1n) is 7.12. The van der Waals surface area contributed by atoms with Gasteiger partial charge in [-0.05, 0) is 43.9 Å². The second-order valence-electron chi connectivity index (χ2n) is 5.98. The molecule has 3 unspecified atom stereocenters. The van der Waals surface area contributed by atoms with Gasteiger partial charge in [0.2, 0.25) is 0 Å². The molecule has 3 nitrogen and oxygen atoms in total. The molecule has 3 atom stereocenters. The smallest absolute Gasteiger partial charge is 0.0595 e. The maximum absolute atomic E-state index is 10.1. The lowest BCUT2D eigenvalue weighted by atomic mass is 9.80. The van der Waals surface area contributed by atoms with Crippen molar-refractivity contribution in [3.63, 3.8) is 0 Å². The third-order valence-corrected chi connectivity index (χ3v) is 4.57. The third-order valence-electron chi connectivity index (χ3n) is 4.57. The second kappa shape index (κ2) is 6.17. The fourth-order valence-electron chi connectivity index (χ4n) is 3.34. The summed E-state index contributed by atoms with van der Waals surface area (Å²) in [6.45, 7) is 5.67. The predicted molar refractivity (Wildman–Crippen MR) is 69.0 cm³/mol. The van der Waals surface area contributed by atoms with Crippen molar-refractivity contribution in [1.29, 1.82) is 0 Å². The van der Waals surface area contributed by atoms with Gasteiger partial charge in [0.15, 0.2) is 0 Å². The monoisotopic (exact) mass is 241 g/mol. The summed E-state index contributed by atoms with van der Waals surface area (Å²) in [5.41, 5.74) is 0. The molecule has 100 valence electrons. The van der Waals surface area contributed by atoms with Crippen LogP contribution in [0, 0.1) is 11.8 Å². The first-order valence-corrected chi connectivity index (χ1v) is 7.12. The summed E-state index contributed by atoms with van der Waals surface area (Å²) in [5, 5.41) is 10.1. The van der Waals surface area contributed by atoms with Gasteiger partial charge in [-0.2, -0.15) is 0 Å². The van der Waals surface area contributed by atoms with Crippen LogP contribution in [0.3, 0.4) is 0 Å². The number of aliphatic hydroxyl groups excluding tert-OH is 1. The largest absolute Gasteiger partial charge is 0.393 e. The highest BCUT2D eigenvalue weighted by molar-refractivity contribution is 4.82. The Kier molecular flexibility index (Phi) is 4.83. The van der Waals surface area contributed by atoms with Crippen LogP contribution in [0.4, 0.5) is 0 Å². The fraction of sp³-hybridized carbons (Fsp3) is 1.00. The molecule has 2 rings (SSSR count). The number of hydrogen-bond acceptors (Lipinski definition) is 3. The zero-order chi connectivity index (χ0) is 12.3. The van der Waals surface area contributed by atoms with Gasteiger partial charge in [-0.25, -0.2) is 0 Å². The molecule has 2 aliphatic rings. The summed E-state index contributed by atoms with van der Waals surface area (Å²) in [6, 6.07) is 0. The van der Waals surface area contributed by atoms with Gasteiger partial charge >= 0.3 is 0 Å². The molecule has 0 aromatic heterocycles. The van der Waals surface area contributed by atoms with E-state index in [1.54, 1.807) is 0 Å². The first-order chi connectivity index (χ1) is 8.19. The number of hydrogen-bond donors (Lipinski definition) is 1. The molecule has 0 amide bonds. The fourth-order valence-corrected chi connectivity index (χ4v) is 3.34.